The van der Waals surface area contributed by atoms with Crippen LogP contribution >= 0.6 is 31.9 Å². The number of aromatic hydroxyl groups is 1. The number of unbranched alkanes of at least 4 members (excludes halogenated alkanes) is 1. The van der Waals surface area contributed by atoms with Crippen LogP contribution in [0.2, 0.25) is 0 Å². The Morgan fingerprint density at radius 2 is 2.05 bits per heavy atom. The largest absolute Gasteiger partial charge is 0.506 e. The average Bonchev–Trinajstić information content (AvgIpc) is 2.42. The molecule has 0 saturated carbocycles. The molecule has 6 heteroatoms. The lowest BCUT2D eigenvalue weighted by Crippen LogP contribution is -2.25. The molecule has 1 aromatic rings. The molecule has 0 saturated heterocycles. The van der Waals surface area contributed by atoms with Crippen molar-refractivity contribution in [2.75, 3.05) is 6.54 Å². The summed E-state index contributed by atoms with van der Waals surface area (Å²) in [6.45, 7) is 2.58. The first-order valence-electron chi connectivity index (χ1n) is 6.07. The molecule has 1 rings (SSSR count). The maximum absolute atomic E-state index is 11.8. The highest BCUT2D eigenvalue weighted by molar-refractivity contribution is 9.11. The lowest BCUT2D eigenvalue weighted by molar-refractivity contribution is -0.117. The van der Waals surface area contributed by atoms with Crippen LogP contribution < -0.4 is 5.32 Å². The van der Waals surface area contributed by atoms with Crippen LogP contribution in [0.4, 0.5) is 0 Å². The van der Waals surface area contributed by atoms with Crippen molar-refractivity contribution in [3.05, 3.63) is 32.2 Å². The molecule has 0 unspecified atom stereocenters. The summed E-state index contributed by atoms with van der Waals surface area (Å²) in [6, 6.07) is 5.16. The molecule has 0 heterocycles. The van der Waals surface area contributed by atoms with Crippen LogP contribution in [0.3, 0.4) is 0 Å². The average molecular weight is 402 g/mol. The number of hydrogen-bond acceptors (Lipinski definition) is 3. The number of benzene rings is 1. The van der Waals surface area contributed by atoms with Gasteiger partial charge in [0, 0.05) is 6.54 Å². The van der Waals surface area contributed by atoms with E-state index in [4.69, 9.17) is 5.26 Å². The fraction of sp³-hybridized carbons (Fsp3) is 0.286. The Balaban J connectivity index is 2.95. The number of nitriles is 1. The predicted octanol–water partition coefficient (Wildman–Crippen LogP) is 3.74. The molecule has 0 fully saturated rings. The molecule has 0 atom stereocenters. The van der Waals surface area contributed by atoms with Crippen molar-refractivity contribution in [3.8, 4) is 11.8 Å². The molecular formula is C14H14Br2N2O2. The van der Waals surface area contributed by atoms with E-state index in [-0.39, 0.29) is 17.2 Å². The summed E-state index contributed by atoms with van der Waals surface area (Å²) in [5.74, 6) is -0.311. The molecule has 1 aromatic carbocycles. The van der Waals surface area contributed by atoms with E-state index in [2.05, 4.69) is 37.2 Å². The Bertz CT molecular complexity index is 554. The van der Waals surface area contributed by atoms with E-state index < -0.39 is 0 Å². The summed E-state index contributed by atoms with van der Waals surface area (Å²) in [5, 5.41) is 21.4. The molecule has 0 aliphatic carbocycles. The number of hydrogen-bond donors (Lipinski definition) is 2. The van der Waals surface area contributed by atoms with Gasteiger partial charge in [0.25, 0.3) is 5.91 Å². The highest BCUT2D eigenvalue weighted by Crippen LogP contribution is 2.33. The van der Waals surface area contributed by atoms with Crippen LogP contribution in [-0.2, 0) is 4.79 Å². The van der Waals surface area contributed by atoms with E-state index in [0.29, 0.717) is 21.1 Å². The van der Waals surface area contributed by atoms with Crippen molar-refractivity contribution >= 4 is 43.8 Å². The number of carbonyl (C=O) groups is 1. The summed E-state index contributed by atoms with van der Waals surface area (Å²) in [5.41, 5.74) is 0.675. The van der Waals surface area contributed by atoms with Crippen LogP contribution in [0, 0.1) is 11.3 Å². The van der Waals surface area contributed by atoms with Gasteiger partial charge in [-0.1, -0.05) is 13.3 Å². The number of phenolic OH excluding ortho intramolecular Hbond substituents is 1. The van der Waals surface area contributed by atoms with Crippen LogP contribution in [-0.4, -0.2) is 17.6 Å². The Morgan fingerprint density at radius 1 is 1.45 bits per heavy atom. The quantitative estimate of drug-likeness (QED) is 0.448. The second kappa shape index (κ2) is 8.08. The SMILES string of the molecule is CCCCNC(=O)/C(C#N)=C/c1cc(Br)c(O)c(Br)c1. The minimum absolute atomic E-state index is 0.0330. The van der Waals surface area contributed by atoms with E-state index >= 15 is 0 Å². The van der Waals surface area contributed by atoms with Gasteiger partial charge in [-0.2, -0.15) is 5.26 Å². The molecule has 20 heavy (non-hydrogen) atoms. The molecule has 0 aromatic heterocycles. The Morgan fingerprint density at radius 3 is 2.55 bits per heavy atom. The molecule has 0 spiro atoms. The molecule has 0 radical (unpaired) electrons. The minimum atomic E-state index is -0.388. The molecular weight excluding hydrogens is 388 g/mol. The van der Waals surface area contributed by atoms with Crippen molar-refractivity contribution < 1.29 is 9.90 Å². The third-order valence-electron chi connectivity index (χ3n) is 2.53. The fourth-order valence-corrected chi connectivity index (χ4v) is 2.68. The van der Waals surface area contributed by atoms with Gasteiger partial charge in [0.1, 0.15) is 17.4 Å². The standard InChI is InChI=1S/C14H14Br2N2O2/c1-2-3-4-18-14(20)10(8-17)5-9-6-11(15)13(19)12(16)7-9/h5-7,19H,2-4H2,1H3,(H,18,20)/b10-5+. The van der Waals surface area contributed by atoms with E-state index in [0.717, 1.165) is 12.8 Å². The zero-order chi connectivity index (χ0) is 15.1. The molecule has 0 bridgehead atoms. The first-order valence-corrected chi connectivity index (χ1v) is 7.66. The van der Waals surface area contributed by atoms with E-state index in [9.17, 15) is 9.90 Å². The van der Waals surface area contributed by atoms with Gasteiger partial charge in [0.05, 0.1) is 8.95 Å². The van der Waals surface area contributed by atoms with Crippen molar-refractivity contribution in [2.45, 2.75) is 19.8 Å². The lowest BCUT2D eigenvalue weighted by Gasteiger charge is -2.05. The number of nitrogens with one attached hydrogen (secondary N) is 1. The Hall–Kier alpha value is -1.32. The number of amides is 1. The number of nitrogens with zero attached hydrogens (tertiary/aromatic N) is 1. The van der Waals surface area contributed by atoms with Crippen LogP contribution in [0.15, 0.2) is 26.7 Å². The zero-order valence-electron chi connectivity index (χ0n) is 10.9. The number of carbonyl (C=O) groups excluding carboxylic acids is 1. The van der Waals surface area contributed by atoms with E-state index in [1.165, 1.54) is 6.08 Å². The lowest BCUT2D eigenvalue weighted by atomic mass is 10.1. The van der Waals surface area contributed by atoms with Crippen LogP contribution in [0.25, 0.3) is 6.08 Å². The highest BCUT2D eigenvalue weighted by Gasteiger charge is 2.10. The highest BCUT2D eigenvalue weighted by atomic mass is 79.9. The predicted molar refractivity (Wildman–Crippen MR) is 85.0 cm³/mol. The van der Waals surface area contributed by atoms with Gasteiger partial charge in [0.2, 0.25) is 0 Å². The second-order valence-corrected chi connectivity index (χ2v) is 5.82. The summed E-state index contributed by atoms with van der Waals surface area (Å²) in [4.78, 5) is 11.8. The third kappa shape index (κ3) is 4.66. The minimum Gasteiger partial charge on any atom is -0.506 e. The third-order valence-corrected chi connectivity index (χ3v) is 3.74. The maximum Gasteiger partial charge on any atom is 0.261 e. The summed E-state index contributed by atoms with van der Waals surface area (Å²) >= 11 is 6.41. The maximum atomic E-state index is 11.8. The summed E-state index contributed by atoms with van der Waals surface area (Å²) in [7, 11) is 0. The molecule has 106 valence electrons. The Labute approximate surface area is 134 Å². The Kier molecular flexibility index (Phi) is 6.76. The number of phenols is 1. The van der Waals surface area contributed by atoms with Crippen LogP contribution in [0.1, 0.15) is 25.3 Å². The molecule has 2 N–H and O–H groups in total. The van der Waals surface area contributed by atoms with E-state index in [1.807, 2.05) is 13.0 Å². The van der Waals surface area contributed by atoms with Crippen LogP contribution in [0.5, 0.6) is 5.75 Å². The molecule has 1 amide bonds. The monoisotopic (exact) mass is 400 g/mol. The summed E-state index contributed by atoms with van der Waals surface area (Å²) < 4.78 is 0.976. The fourth-order valence-electron chi connectivity index (χ4n) is 1.46. The van der Waals surface area contributed by atoms with Crippen molar-refractivity contribution in [1.29, 1.82) is 5.26 Å². The first kappa shape index (κ1) is 16.7. The van der Waals surface area contributed by atoms with Gasteiger partial charge >= 0.3 is 0 Å². The van der Waals surface area contributed by atoms with Crippen molar-refractivity contribution in [1.82, 2.24) is 5.32 Å². The normalized spacial score (nSPS) is 11.0. The van der Waals surface area contributed by atoms with Gasteiger partial charge in [-0.05, 0) is 62.1 Å². The van der Waals surface area contributed by atoms with Gasteiger partial charge in [-0.25, -0.2) is 0 Å². The first-order chi connectivity index (χ1) is 9.49. The van der Waals surface area contributed by atoms with Gasteiger partial charge in [0.15, 0.2) is 0 Å². The van der Waals surface area contributed by atoms with Gasteiger partial charge in [-0.3, -0.25) is 4.79 Å². The second-order valence-electron chi connectivity index (χ2n) is 4.11. The molecule has 4 nitrogen and oxygen atoms in total. The van der Waals surface area contributed by atoms with E-state index in [1.54, 1.807) is 12.1 Å². The molecule has 0 aliphatic heterocycles. The van der Waals surface area contributed by atoms with Gasteiger partial charge < -0.3 is 10.4 Å². The number of halogens is 2. The smallest absolute Gasteiger partial charge is 0.261 e. The topological polar surface area (TPSA) is 73.1 Å². The summed E-state index contributed by atoms with van der Waals surface area (Å²) in [6.07, 6.45) is 3.33. The van der Waals surface area contributed by atoms with Crippen molar-refractivity contribution in [3.63, 3.8) is 0 Å². The zero-order valence-corrected chi connectivity index (χ0v) is 14.1. The van der Waals surface area contributed by atoms with Gasteiger partial charge in [-0.15, -0.1) is 0 Å². The van der Waals surface area contributed by atoms with Crippen molar-refractivity contribution in [2.24, 2.45) is 0 Å². The molecule has 0 aliphatic rings. The number of rotatable bonds is 5.